The van der Waals surface area contributed by atoms with Crippen LogP contribution >= 0.6 is 0 Å². The molecule has 1 atom stereocenters. The largest absolute Gasteiger partial charge is 0.417 e. The zero-order chi connectivity index (χ0) is 23.3. The third-order valence-corrected chi connectivity index (χ3v) is 7.13. The molecule has 0 aliphatic carbocycles. The predicted octanol–water partition coefficient (Wildman–Crippen LogP) is 3.72. The van der Waals surface area contributed by atoms with Gasteiger partial charge in [0.1, 0.15) is 10.8 Å². The Balaban J connectivity index is 1.95. The molecular weight excluding hydrogens is 459 g/mol. The van der Waals surface area contributed by atoms with E-state index in [0.29, 0.717) is 25.2 Å². The van der Waals surface area contributed by atoms with Crippen LogP contribution in [0.4, 0.5) is 22.0 Å². The number of benzene rings is 1. The number of alkyl halides is 3. The van der Waals surface area contributed by atoms with Crippen LogP contribution in [0, 0.1) is 11.6 Å². The van der Waals surface area contributed by atoms with Gasteiger partial charge >= 0.3 is 6.18 Å². The van der Waals surface area contributed by atoms with Crippen LogP contribution in [0.5, 0.6) is 0 Å². The molecule has 0 saturated carbocycles. The molecule has 1 saturated heterocycles. The van der Waals surface area contributed by atoms with Crippen LogP contribution in [0.1, 0.15) is 18.4 Å². The van der Waals surface area contributed by atoms with Gasteiger partial charge in [-0.15, -0.1) is 0 Å². The Morgan fingerprint density at radius 1 is 1.22 bits per heavy atom. The average Bonchev–Trinajstić information content (AvgIpc) is 3.37. The van der Waals surface area contributed by atoms with Crippen molar-refractivity contribution in [2.45, 2.75) is 30.1 Å². The summed E-state index contributed by atoms with van der Waals surface area (Å²) in [5, 5.41) is -0.859. The quantitative estimate of drug-likeness (QED) is 0.567. The van der Waals surface area contributed by atoms with Crippen LogP contribution in [-0.2, 0) is 20.9 Å². The molecule has 1 fully saturated rings. The van der Waals surface area contributed by atoms with Gasteiger partial charge < -0.3 is 9.72 Å². The monoisotopic (exact) mass is 476 g/mol. The summed E-state index contributed by atoms with van der Waals surface area (Å²) >= 11 is 0. The van der Waals surface area contributed by atoms with E-state index in [9.17, 15) is 30.4 Å². The van der Waals surface area contributed by atoms with Crippen molar-refractivity contribution < 1.29 is 35.1 Å². The molecule has 0 bridgehead atoms. The van der Waals surface area contributed by atoms with Gasteiger partial charge in [-0.3, -0.25) is 0 Å². The molecule has 32 heavy (non-hydrogen) atoms. The van der Waals surface area contributed by atoms with Crippen molar-refractivity contribution in [3.63, 3.8) is 0 Å². The molecule has 172 valence electrons. The Labute approximate surface area is 179 Å². The van der Waals surface area contributed by atoms with E-state index in [-0.39, 0.29) is 24.6 Å². The number of aromatic nitrogens is 3. The SMILES string of the molecule is COCC1CCCN1S(=O)(=O)c1cc2c(-c3ncc(F)cn3)c(C(F)(F)F)cc(F)c2[nH]1. The van der Waals surface area contributed by atoms with Gasteiger partial charge in [-0.2, -0.15) is 17.5 Å². The number of aromatic amines is 1. The minimum absolute atomic E-state index is 0.140. The molecule has 0 spiro atoms. The number of hydrogen-bond donors (Lipinski definition) is 1. The minimum atomic E-state index is -5.00. The predicted molar refractivity (Wildman–Crippen MR) is 103 cm³/mol. The Kier molecular flexibility index (Phi) is 5.67. The highest BCUT2D eigenvalue weighted by atomic mass is 32.2. The number of H-pyrrole nitrogens is 1. The zero-order valence-electron chi connectivity index (χ0n) is 16.6. The minimum Gasteiger partial charge on any atom is -0.383 e. The molecule has 1 N–H and O–H groups in total. The summed E-state index contributed by atoms with van der Waals surface area (Å²) in [7, 11) is -2.77. The lowest BCUT2D eigenvalue weighted by molar-refractivity contribution is -0.137. The highest BCUT2D eigenvalue weighted by Crippen LogP contribution is 2.42. The number of halogens is 5. The lowest BCUT2D eigenvalue weighted by atomic mass is 10.0. The molecule has 1 aliphatic heterocycles. The summed E-state index contributed by atoms with van der Waals surface area (Å²) in [6.07, 6.45) is -2.54. The molecule has 2 aromatic heterocycles. The van der Waals surface area contributed by atoms with Crippen molar-refractivity contribution in [2.75, 3.05) is 20.3 Å². The molecule has 13 heteroatoms. The lowest BCUT2D eigenvalue weighted by Gasteiger charge is -2.22. The lowest BCUT2D eigenvalue weighted by Crippen LogP contribution is -2.38. The Hall–Kier alpha value is -2.64. The van der Waals surface area contributed by atoms with Gasteiger partial charge in [0, 0.05) is 30.6 Å². The number of fused-ring (bicyclic) bond motifs is 1. The first kappa shape index (κ1) is 22.6. The molecule has 0 radical (unpaired) electrons. The van der Waals surface area contributed by atoms with Gasteiger partial charge in [0.2, 0.25) is 0 Å². The second-order valence-electron chi connectivity index (χ2n) is 7.29. The summed E-state index contributed by atoms with van der Waals surface area (Å²) in [6, 6.07) is 0.709. The van der Waals surface area contributed by atoms with Gasteiger partial charge in [0.15, 0.2) is 11.6 Å². The molecule has 0 amide bonds. The first-order valence-electron chi connectivity index (χ1n) is 9.45. The van der Waals surface area contributed by atoms with Crippen LogP contribution < -0.4 is 0 Å². The van der Waals surface area contributed by atoms with Crippen molar-refractivity contribution in [3.8, 4) is 11.4 Å². The first-order chi connectivity index (χ1) is 15.0. The number of rotatable bonds is 5. The van der Waals surface area contributed by atoms with E-state index in [0.717, 1.165) is 6.07 Å². The highest BCUT2D eigenvalue weighted by Gasteiger charge is 2.39. The van der Waals surface area contributed by atoms with E-state index in [1.54, 1.807) is 0 Å². The van der Waals surface area contributed by atoms with Crippen LogP contribution in [0.3, 0.4) is 0 Å². The third kappa shape index (κ3) is 3.84. The van der Waals surface area contributed by atoms with Gasteiger partial charge in [0.05, 0.1) is 30.1 Å². The zero-order valence-corrected chi connectivity index (χ0v) is 17.4. The van der Waals surface area contributed by atoms with Gasteiger partial charge in [0.25, 0.3) is 10.0 Å². The standard InChI is InChI=1S/C19H17F5N4O3S/c1-31-9-11-3-2-4-28(11)32(29,30)15-5-12-16(18-25-7-10(20)8-26-18)13(19(22,23)24)6-14(21)17(12)27-15/h5-8,11,27H,2-4,9H2,1H3. The third-order valence-electron chi connectivity index (χ3n) is 5.26. The van der Waals surface area contributed by atoms with E-state index in [2.05, 4.69) is 15.0 Å². The molecule has 3 heterocycles. The summed E-state index contributed by atoms with van der Waals surface area (Å²) in [5.41, 5.74) is -2.51. The van der Waals surface area contributed by atoms with Crippen LogP contribution in [0.15, 0.2) is 29.6 Å². The maximum absolute atomic E-state index is 14.7. The summed E-state index contributed by atoms with van der Waals surface area (Å²) in [4.78, 5) is 9.58. The van der Waals surface area contributed by atoms with Gasteiger partial charge in [-0.25, -0.2) is 27.2 Å². The molecule has 1 unspecified atom stereocenters. The van der Waals surface area contributed by atoms with Crippen molar-refractivity contribution in [1.82, 2.24) is 19.3 Å². The molecule has 3 aromatic rings. The fourth-order valence-electron chi connectivity index (χ4n) is 3.89. The Bertz CT molecular complexity index is 1260. The summed E-state index contributed by atoms with van der Waals surface area (Å²) in [6.45, 7) is 0.330. The molecular formula is C19H17F5N4O3S. The van der Waals surface area contributed by atoms with Crippen LogP contribution in [0.25, 0.3) is 22.3 Å². The number of nitrogens with zero attached hydrogens (tertiary/aromatic N) is 3. The maximum atomic E-state index is 14.7. The van der Waals surface area contributed by atoms with Gasteiger partial charge in [-0.1, -0.05) is 0 Å². The number of methoxy groups -OCH3 is 1. The summed E-state index contributed by atoms with van der Waals surface area (Å²) in [5.74, 6) is -2.70. The second kappa shape index (κ2) is 8.05. The van der Waals surface area contributed by atoms with Crippen LogP contribution in [0.2, 0.25) is 0 Å². The van der Waals surface area contributed by atoms with Crippen LogP contribution in [-0.4, -0.2) is 54.0 Å². The van der Waals surface area contributed by atoms with Crippen molar-refractivity contribution in [3.05, 3.63) is 41.7 Å². The molecule has 7 nitrogen and oxygen atoms in total. The normalized spacial score (nSPS) is 18.0. The van der Waals surface area contributed by atoms with Crippen molar-refractivity contribution >= 4 is 20.9 Å². The Morgan fingerprint density at radius 2 is 1.91 bits per heavy atom. The fraction of sp³-hybridized carbons (Fsp3) is 0.368. The maximum Gasteiger partial charge on any atom is 0.417 e. The molecule has 1 aromatic carbocycles. The van der Waals surface area contributed by atoms with E-state index in [1.165, 1.54) is 11.4 Å². The first-order valence-corrected chi connectivity index (χ1v) is 10.9. The second-order valence-corrected chi connectivity index (χ2v) is 9.15. The summed E-state index contributed by atoms with van der Waals surface area (Å²) < 4.78 is 102. The van der Waals surface area contributed by atoms with E-state index < -0.39 is 61.4 Å². The van der Waals surface area contributed by atoms with E-state index in [4.69, 9.17) is 4.74 Å². The Morgan fingerprint density at radius 3 is 2.53 bits per heavy atom. The van der Waals surface area contributed by atoms with E-state index in [1.807, 2.05) is 0 Å². The number of nitrogens with one attached hydrogen (secondary N) is 1. The number of hydrogen-bond acceptors (Lipinski definition) is 5. The van der Waals surface area contributed by atoms with E-state index >= 15 is 0 Å². The topological polar surface area (TPSA) is 88.2 Å². The molecule has 4 rings (SSSR count). The molecule has 1 aliphatic rings. The number of ether oxygens (including phenoxy) is 1. The van der Waals surface area contributed by atoms with Gasteiger partial charge in [-0.05, 0) is 25.0 Å². The smallest absolute Gasteiger partial charge is 0.383 e. The number of sulfonamides is 1. The van der Waals surface area contributed by atoms with Crippen molar-refractivity contribution in [2.24, 2.45) is 0 Å². The highest BCUT2D eigenvalue weighted by molar-refractivity contribution is 7.89. The fourth-order valence-corrected chi connectivity index (χ4v) is 5.57. The van der Waals surface area contributed by atoms with Crippen molar-refractivity contribution in [1.29, 1.82) is 0 Å². The average molecular weight is 476 g/mol.